The first kappa shape index (κ1) is 17.1. The molecule has 3 aromatic carbocycles. The van der Waals surface area contributed by atoms with Crippen molar-refractivity contribution in [2.45, 2.75) is 6.04 Å². The summed E-state index contributed by atoms with van der Waals surface area (Å²) < 4.78 is 1.66. The molecule has 0 radical (unpaired) electrons. The molecule has 0 bridgehead atoms. The minimum absolute atomic E-state index is 0.0630. The van der Waals surface area contributed by atoms with E-state index < -0.39 is 6.04 Å². The van der Waals surface area contributed by atoms with Crippen LogP contribution in [0.1, 0.15) is 27.5 Å². The van der Waals surface area contributed by atoms with Gasteiger partial charge in [0.1, 0.15) is 6.04 Å². The lowest BCUT2D eigenvalue weighted by atomic mass is 9.87. The van der Waals surface area contributed by atoms with Crippen LogP contribution in [0.25, 0.3) is 5.70 Å². The number of ketones is 1. The number of Topliss-reactive ketones (excluding diaryl/α,β-unsaturated/α-hetero) is 1. The standard InChI is InChI=1S/C23H17N5O/c29-22(18-14-8-3-9-15-18)19-20(16-10-4-1-5-11-16)24-23-25-26-27-28(23)21(19)17-12-6-2-7-13-17/h1-15,21H,(H,24,25,27). The normalized spacial score (nSPS) is 15.5. The van der Waals surface area contributed by atoms with Gasteiger partial charge in [0.15, 0.2) is 5.78 Å². The van der Waals surface area contributed by atoms with Crippen LogP contribution in [0.4, 0.5) is 5.95 Å². The molecule has 1 N–H and O–H groups in total. The van der Waals surface area contributed by atoms with Crippen molar-refractivity contribution < 1.29 is 4.79 Å². The summed E-state index contributed by atoms with van der Waals surface area (Å²) in [7, 11) is 0. The molecule has 1 atom stereocenters. The minimum Gasteiger partial charge on any atom is -0.322 e. The molecule has 2 heterocycles. The number of tetrazole rings is 1. The molecule has 0 aliphatic carbocycles. The molecule has 140 valence electrons. The maximum Gasteiger partial charge on any atom is 0.248 e. The van der Waals surface area contributed by atoms with Crippen molar-refractivity contribution >= 4 is 17.4 Å². The van der Waals surface area contributed by atoms with Gasteiger partial charge in [0.2, 0.25) is 5.95 Å². The SMILES string of the molecule is O=C(C1=C(c2ccccc2)Nc2nnnn2C1c1ccccc1)c1ccccc1. The maximum absolute atomic E-state index is 13.7. The van der Waals surface area contributed by atoms with E-state index in [-0.39, 0.29) is 5.78 Å². The number of benzene rings is 3. The van der Waals surface area contributed by atoms with Crippen molar-refractivity contribution in [1.29, 1.82) is 0 Å². The summed E-state index contributed by atoms with van der Waals surface area (Å²) in [4.78, 5) is 13.7. The first-order chi connectivity index (χ1) is 14.3. The number of aromatic nitrogens is 4. The van der Waals surface area contributed by atoms with E-state index in [4.69, 9.17) is 0 Å². The predicted molar refractivity (Wildman–Crippen MR) is 110 cm³/mol. The number of fused-ring (bicyclic) bond motifs is 1. The third kappa shape index (κ3) is 3.00. The Morgan fingerprint density at radius 3 is 2.14 bits per heavy atom. The van der Waals surface area contributed by atoms with Gasteiger partial charge in [-0.3, -0.25) is 4.79 Å². The Morgan fingerprint density at radius 1 is 0.828 bits per heavy atom. The molecule has 1 aliphatic heterocycles. The molecule has 0 saturated carbocycles. The Labute approximate surface area is 167 Å². The lowest BCUT2D eigenvalue weighted by Crippen LogP contribution is -2.29. The summed E-state index contributed by atoms with van der Waals surface area (Å²) in [5, 5.41) is 15.4. The third-order valence-corrected chi connectivity index (χ3v) is 4.98. The number of carbonyl (C=O) groups is 1. The van der Waals surface area contributed by atoms with E-state index in [1.165, 1.54) is 0 Å². The molecule has 6 nitrogen and oxygen atoms in total. The summed E-state index contributed by atoms with van der Waals surface area (Å²) in [5.74, 6) is 0.439. The average molecular weight is 379 g/mol. The Kier molecular flexibility index (Phi) is 4.22. The molecule has 1 aliphatic rings. The van der Waals surface area contributed by atoms with E-state index in [9.17, 15) is 4.79 Å². The molecule has 0 fully saturated rings. The summed E-state index contributed by atoms with van der Waals surface area (Å²) in [6.45, 7) is 0. The quantitative estimate of drug-likeness (QED) is 0.543. The summed E-state index contributed by atoms with van der Waals surface area (Å²) in [6.07, 6.45) is 0. The molecular weight excluding hydrogens is 362 g/mol. The highest BCUT2D eigenvalue weighted by atomic mass is 16.1. The van der Waals surface area contributed by atoms with Crippen LogP contribution in [0.15, 0.2) is 96.6 Å². The van der Waals surface area contributed by atoms with Gasteiger partial charge in [0.05, 0.1) is 11.3 Å². The van der Waals surface area contributed by atoms with Crippen LogP contribution in [-0.4, -0.2) is 26.0 Å². The molecule has 5 rings (SSSR count). The summed E-state index contributed by atoms with van der Waals surface area (Å²) >= 11 is 0. The number of rotatable bonds is 4. The van der Waals surface area contributed by atoms with Crippen molar-refractivity contribution in [2.75, 3.05) is 5.32 Å². The van der Waals surface area contributed by atoms with E-state index in [2.05, 4.69) is 20.8 Å². The van der Waals surface area contributed by atoms with Crippen LogP contribution in [0.5, 0.6) is 0 Å². The van der Waals surface area contributed by atoms with Gasteiger partial charge >= 0.3 is 0 Å². The molecule has 0 saturated heterocycles. The van der Waals surface area contributed by atoms with Gasteiger partial charge < -0.3 is 5.32 Å². The van der Waals surface area contributed by atoms with Crippen LogP contribution < -0.4 is 5.32 Å². The van der Waals surface area contributed by atoms with Crippen molar-refractivity contribution in [3.63, 3.8) is 0 Å². The third-order valence-electron chi connectivity index (χ3n) is 4.98. The molecule has 0 spiro atoms. The van der Waals surface area contributed by atoms with E-state index >= 15 is 0 Å². The van der Waals surface area contributed by atoms with Crippen LogP contribution in [0, 0.1) is 0 Å². The van der Waals surface area contributed by atoms with Crippen molar-refractivity contribution in [2.24, 2.45) is 0 Å². The molecule has 1 aromatic heterocycles. The van der Waals surface area contributed by atoms with Crippen molar-refractivity contribution in [3.8, 4) is 0 Å². The maximum atomic E-state index is 13.7. The van der Waals surface area contributed by atoms with Gasteiger partial charge in [0, 0.05) is 5.56 Å². The van der Waals surface area contributed by atoms with E-state index in [0.29, 0.717) is 17.1 Å². The Balaban J connectivity index is 1.78. The number of anilines is 1. The fourth-order valence-electron chi connectivity index (χ4n) is 3.65. The van der Waals surface area contributed by atoms with E-state index in [0.717, 1.165) is 16.8 Å². The number of carbonyl (C=O) groups excluding carboxylic acids is 1. The number of allylic oxidation sites excluding steroid dienone is 1. The van der Waals surface area contributed by atoms with Gasteiger partial charge in [-0.15, -0.1) is 0 Å². The Morgan fingerprint density at radius 2 is 1.45 bits per heavy atom. The van der Waals surface area contributed by atoms with Crippen molar-refractivity contribution in [1.82, 2.24) is 20.2 Å². The van der Waals surface area contributed by atoms with Gasteiger partial charge in [-0.05, 0) is 21.6 Å². The molecule has 6 heteroatoms. The number of nitrogens with zero attached hydrogens (tertiary/aromatic N) is 4. The molecular formula is C23H17N5O. The van der Waals surface area contributed by atoms with Gasteiger partial charge in [-0.25, -0.2) is 0 Å². The zero-order valence-corrected chi connectivity index (χ0v) is 15.4. The second-order valence-electron chi connectivity index (χ2n) is 6.74. The highest BCUT2D eigenvalue weighted by Gasteiger charge is 2.36. The second kappa shape index (κ2) is 7.16. The predicted octanol–water partition coefficient (Wildman–Crippen LogP) is 3.98. The van der Waals surface area contributed by atoms with Crippen molar-refractivity contribution in [3.05, 3.63) is 113 Å². The molecule has 29 heavy (non-hydrogen) atoms. The Hall–Kier alpha value is -4.06. The lowest BCUT2D eigenvalue weighted by molar-refractivity contribution is 0.102. The van der Waals surface area contributed by atoms with Crippen LogP contribution >= 0.6 is 0 Å². The van der Waals surface area contributed by atoms with Gasteiger partial charge in [-0.2, -0.15) is 4.68 Å². The largest absolute Gasteiger partial charge is 0.322 e. The smallest absolute Gasteiger partial charge is 0.248 e. The Bertz CT molecular complexity index is 1180. The topological polar surface area (TPSA) is 72.7 Å². The van der Waals surface area contributed by atoms with Gasteiger partial charge in [-0.1, -0.05) is 96.1 Å². The first-order valence-corrected chi connectivity index (χ1v) is 9.32. The highest BCUT2D eigenvalue weighted by Crippen LogP contribution is 2.39. The lowest BCUT2D eigenvalue weighted by Gasteiger charge is -2.29. The minimum atomic E-state index is -0.439. The number of hydrogen-bond donors (Lipinski definition) is 1. The summed E-state index contributed by atoms with van der Waals surface area (Å²) in [6, 6.07) is 28.5. The van der Waals surface area contributed by atoms with Gasteiger partial charge in [0.25, 0.3) is 0 Å². The molecule has 4 aromatic rings. The number of nitrogens with one attached hydrogen (secondary N) is 1. The van der Waals surface area contributed by atoms with E-state index in [1.807, 2.05) is 91.0 Å². The van der Waals surface area contributed by atoms with Crippen LogP contribution in [0.2, 0.25) is 0 Å². The fourth-order valence-corrected chi connectivity index (χ4v) is 3.65. The zero-order chi connectivity index (χ0) is 19.6. The number of hydrogen-bond acceptors (Lipinski definition) is 5. The molecule has 0 amide bonds. The van der Waals surface area contributed by atoms with E-state index in [1.54, 1.807) is 4.68 Å². The summed E-state index contributed by atoms with van der Waals surface area (Å²) in [5.41, 5.74) is 3.79. The average Bonchev–Trinajstić information content (AvgIpc) is 3.27. The van der Waals surface area contributed by atoms with Crippen LogP contribution in [0.3, 0.4) is 0 Å². The van der Waals surface area contributed by atoms with Crippen LogP contribution in [-0.2, 0) is 0 Å². The fraction of sp³-hybridized carbons (Fsp3) is 0.0435. The highest BCUT2D eigenvalue weighted by molar-refractivity contribution is 6.15. The second-order valence-corrected chi connectivity index (χ2v) is 6.74. The monoisotopic (exact) mass is 379 g/mol. The first-order valence-electron chi connectivity index (χ1n) is 9.32. The molecule has 1 unspecified atom stereocenters. The zero-order valence-electron chi connectivity index (χ0n) is 15.4.